The molecule has 1 atom stereocenters. The Hall–Kier alpha value is -2.44. The fourth-order valence-electron chi connectivity index (χ4n) is 2.56. The lowest BCUT2D eigenvalue weighted by molar-refractivity contribution is -0.122. The Kier molecular flexibility index (Phi) is 5.77. The predicted molar refractivity (Wildman–Crippen MR) is 110 cm³/mol. The molecule has 27 heavy (non-hydrogen) atoms. The number of carbonyl (C=O) groups is 1. The van der Waals surface area contributed by atoms with E-state index in [-0.39, 0.29) is 5.91 Å². The number of hydrogen-bond acceptors (Lipinski definition) is 5. The topological polar surface area (TPSA) is 64.1 Å². The minimum Gasteiger partial charge on any atom is -0.481 e. The van der Waals surface area contributed by atoms with Gasteiger partial charge < -0.3 is 4.74 Å². The second-order valence-electron chi connectivity index (χ2n) is 6.37. The SMILES string of the molecule is Cc1cc(C)c(C)c(O[C@@H](C)C(=O)Nc2nnc(-c3ccc(Cl)cc3)s2)c1. The van der Waals surface area contributed by atoms with Gasteiger partial charge >= 0.3 is 0 Å². The predicted octanol–water partition coefficient (Wildman–Crippen LogP) is 5.19. The fraction of sp³-hybridized carbons (Fsp3) is 0.250. The number of ether oxygens (including phenoxy) is 1. The summed E-state index contributed by atoms with van der Waals surface area (Å²) in [6.45, 7) is 7.73. The molecule has 0 radical (unpaired) electrons. The first-order valence-corrected chi connectivity index (χ1v) is 9.67. The lowest BCUT2D eigenvalue weighted by Gasteiger charge is -2.17. The first kappa shape index (κ1) is 19.3. The van der Waals surface area contributed by atoms with Gasteiger partial charge in [0.2, 0.25) is 5.13 Å². The Morgan fingerprint density at radius 3 is 2.56 bits per heavy atom. The summed E-state index contributed by atoms with van der Waals surface area (Å²) in [4.78, 5) is 12.5. The maximum atomic E-state index is 12.5. The van der Waals surface area contributed by atoms with Crippen LogP contribution in [0.15, 0.2) is 36.4 Å². The molecule has 2 aromatic carbocycles. The Labute approximate surface area is 167 Å². The molecule has 1 aromatic heterocycles. The van der Waals surface area contributed by atoms with Crippen molar-refractivity contribution in [3.05, 3.63) is 58.1 Å². The number of aryl methyl sites for hydroxylation is 2. The highest BCUT2D eigenvalue weighted by atomic mass is 35.5. The van der Waals surface area contributed by atoms with Crippen LogP contribution in [0.5, 0.6) is 5.75 Å². The molecule has 1 amide bonds. The van der Waals surface area contributed by atoms with Gasteiger partial charge in [-0.25, -0.2) is 0 Å². The minimum absolute atomic E-state index is 0.271. The average molecular weight is 402 g/mol. The van der Waals surface area contributed by atoms with Gasteiger partial charge in [0.25, 0.3) is 5.91 Å². The van der Waals surface area contributed by atoms with Crippen LogP contribution >= 0.6 is 22.9 Å². The molecular formula is C20H20ClN3O2S. The number of anilines is 1. The minimum atomic E-state index is -0.659. The Bertz CT molecular complexity index is 970. The number of hydrogen-bond donors (Lipinski definition) is 1. The molecule has 140 valence electrons. The molecule has 7 heteroatoms. The van der Waals surface area contributed by atoms with Crippen LogP contribution in [-0.2, 0) is 4.79 Å². The second-order valence-corrected chi connectivity index (χ2v) is 7.79. The van der Waals surface area contributed by atoms with E-state index in [4.69, 9.17) is 16.3 Å². The number of nitrogens with zero attached hydrogens (tertiary/aromatic N) is 2. The monoisotopic (exact) mass is 401 g/mol. The number of nitrogens with one attached hydrogen (secondary N) is 1. The first-order chi connectivity index (χ1) is 12.8. The summed E-state index contributed by atoms with van der Waals surface area (Å²) in [5, 5.41) is 12.7. The van der Waals surface area contributed by atoms with Crippen molar-refractivity contribution in [2.24, 2.45) is 0 Å². The summed E-state index contributed by atoms with van der Waals surface area (Å²) in [6.07, 6.45) is -0.659. The lowest BCUT2D eigenvalue weighted by Crippen LogP contribution is -2.30. The van der Waals surface area contributed by atoms with Crippen molar-refractivity contribution in [3.8, 4) is 16.3 Å². The van der Waals surface area contributed by atoms with Crippen molar-refractivity contribution >= 4 is 34.0 Å². The Morgan fingerprint density at radius 2 is 1.85 bits per heavy atom. The molecule has 0 bridgehead atoms. The van der Waals surface area contributed by atoms with Gasteiger partial charge in [0.1, 0.15) is 10.8 Å². The van der Waals surface area contributed by atoms with Crippen LogP contribution in [0, 0.1) is 20.8 Å². The van der Waals surface area contributed by atoms with E-state index >= 15 is 0 Å². The number of aromatic nitrogens is 2. The van der Waals surface area contributed by atoms with Crippen LogP contribution in [0.2, 0.25) is 5.02 Å². The molecule has 0 aliphatic heterocycles. The molecule has 0 aliphatic carbocycles. The van der Waals surface area contributed by atoms with Gasteiger partial charge in [0, 0.05) is 10.6 Å². The third-order valence-corrected chi connectivity index (χ3v) is 5.32. The number of benzene rings is 2. The van der Waals surface area contributed by atoms with E-state index in [2.05, 4.69) is 21.6 Å². The van der Waals surface area contributed by atoms with Crippen LogP contribution in [0.25, 0.3) is 10.6 Å². The van der Waals surface area contributed by atoms with Gasteiger partial charge in [-0.2, -0.15) is 0 Å². The maximum Gasteiger partial charge on any atom is 0.266 e. The van der Waals surface area contributed by atoms with E-state index in [0.717, 1.165) is 22.3 Å². The van der Waals surface area contributed by atoms with E-state index in [0.29, 0.717) is 20.9 Å². The number of carbonyl (C=O) groups excluding carboxylic acids is 1. The lowest BCUT2D eigenvalue weighted by atomic mass is 10.1. The van der Waals surface area contributed by atoms with E-state index in [1.54, 1.807) is 19.1 Å². The third kappa shape index (κ3) is 4.64. The van der Waals surface area contributed by atoms with Gasteiger partial charge in [-0.3, -0.25) is 10.1 Å². The molecule has 1 heterocycles. The van der Waals surface area contributed by atoms with Crippen LogP contribution in [0.1, 0.15) is 23.6 Å². The standard InChI is InChI=1S/C20H20ClN3O2S/c1-11-9-12(2)13(3)17(10-11)26-14(4)18(25)22-20-24-23-19(27-20)15-5-7-16(21)8-6-15/h5-10,14H,1-4H3,(H,22,24,25)/t14-/m0/s1. The van der Waals surface area contributed by atoms with E-state index < -0.39 is 6.10 Å². The molecule has 0 saturated heterocycles. The van der Waals surface area contributed by atoms with Crippen molar-refractivity contribution in [1.82, 2.24) is 10.2 Å². The summed E-state index contributed by atoms with van der Waals surface area (Å²) >= 11 is 7.20. The molecule has 0 unspecified atom stereocenters. The van der Waals surface area contributed by atoms with Gasteiger partial charge in [0.05, 0.1) is 0 Å². The smallest absolute Gasteiger partial charge is 0.266 e. The van der Waals surface area contributed by atoms with E-state index in [9.17, 15) is 4.79 Å². The highest BCUT2D eigenvalue weighted by Gasteiger charge is 2.18. The molecular weight excluding hydrogens is 382 g/mol. The quantitative estimate of drug-likeness (QED) is 0.639. The summed E-state index contributed by atoms with van der Waals surface area (Å²) < 4.78 is 5.88. The van der Waals surface area contributed by atoms with Gasteiger partial charge in [-0.15, -0.1) is 10.2 Å². The molecule has 5 nitrogen and oxygen atoms in total. The van der Waals surface area contributed by atoms with Crippen molar-refractivity contribution in [2.75, 3.05) is 5.32 Å². The Morgan fingerprint density at radius 1 is 1.15 bits per heavy atom. The maximum absolute atomic E-state index is 12.5. The number of halogens is 1. The van der Waals surface area contributed by atoms with Gasteiger partial charge in [-0.1, -0.05) is 41.1 Å². The van der Waals surface area contributed by atoms with Crippen molar-refractivity contribution in [1.29, 1.82) is 0 Å². The second kappa shape index (κ2) is 8.06. The summed E-state index contributed by atoms with van der Waals surface area (Å²) in [5.41, 5.74) is 4.15. The highest BCUT2D eigenvalue weighted by molar-refractivity contribution is 7.18. The van der Waals surface area contributed by atoms with Crippen LogP contribution in [0.3, 0.4) is 0 Å². The molecule has 0 aliphatic rings. The zero-order valence-corrected chi connectivity index (χ0v) is 17.1. The molecule has 0 spiro atoms. The van der Waals surface area contributed by atoms with E-state index in [1.165, 1.54) is 11.3 Å². The molecule has 3 aromatic rings. The van der Waals surface area contributed by atoms with Crippen molar-refractivity contribution < 1.29 is 9.53 Å². The number of amides is 1. The molecule has 0 saturated carbocycles. The Balaban J connectivity index is 1.68. The summed E-state index contributed by atoms with van der Waals surface area (Å²) in [7, 11) is 0. The largest absolute Gasteiger partial charge is 0.481 e. The fourth-order valence-corrected chi connectivity index (χ4v) is 3.44. The zero-order chi connectivity index (χ0) is 19.6. The van der Waals surface area contributed by atoms with E-state index in [1.807, 2.05) is 39.0 Å². The number of rotatable bonds is 5. The first-order valence-electron chi connectivity index (χ1n) is 8.48. The zero-order valence-electron chi connectivity index (χ0n) is 15.5. The van der Waals surface area contributed by atoms with Crippen molar-refractivity contribution in [3.63, 3.8) is 0 Å². The molecule has 1 N–H and O–H groups in total. The van der Waals surface area contributed by atoms with Gasteiger partial charge in [0.15, 0.2) is 6.10 Å². The van der Waals surface area contributed by atoms with Crippen LogP contribution in [-0.4, -0.2) is 22.2 Å². The van der Waals surface area contributed by atoms with Crippen LogP contribution in [0.4, 0.5) is 5.13 Å². The van der Waals surface area contributed by atoms with Crippen LogP contribution < -0.4 is 10.1 Å². The van der Waals surface area contributed by atoms with Gasteiger partial charge in [-0.05, 0) is 62.6 Å². The van der Waals surface area contributed by atoms with Crippen molar-refractivity contribution in [2.45, 2.75) is 33.8 Å². The third-order valence-electron chi connectivity index (χ3n) is 4.18. The summed E-state index contributed by atoms with van der Waals surface area (Å²) in [6, 6.07) is 11.3. The molecule has 0 fully saturated rings. The summed E-state index contributed by atoms with van der Waals surface area (Å²) in [5.74, 6) is 0.446. The highest BCUT2D eigenvalue weighted by Crippen LogP contribution is 2.28. The normalized spacial score (nSPS) is 11.9. The molecule has 3 rings (SSSR count). The average Bonchev–Trinajstić information content (AvgIpc) is 3.08.